The fourth-order valence-corrected chi connectivity index (χ4v) is 5.83. The van der Waals surface area contributed by atoms with Gasteiger partial charge in [-0.15, -0.1) is 0 Å². The highest BCUT2D eigenvalue weighted by Crippen LogP contribution is 2.58. The maximum absolute atomic E-state index is 13.6. The number of amides is 1. The van der Waals surface area contributed by atoms with E-state index in [-0.39, 0.29) is 24.3 Å². The molecule has 6 rings (SSSR count). The molecule has 3 atom stereocenters. The van der Waals surface area contributed by atoms with Gasteiger partial charge >= 0.3 is 0 Å². The first-order valence-electron chi connectivity index (χ1n) is 9.81. The summed E-state index contributed by atoms with van der Waals surface area (Å²) in [5.74, 6) is 2.34. The van der Waals surface area contributed by atoms with Crippen LogP contribution in [0, 0.1) is 5.92 Å². The van der Waals surface area contributed by atoms with Gasteiger partial charge in [0.25, 0.3) is 0 Å². The van der Waals surface area contributed by atoms with Gasteiger partial charge in [0.15, 0.2) is 11.5 Å². The number of hydrogen-bond acceptors (Lipinski definition) is 4. The summed E-state index contributed by atoms with van der Waals surface area (Å²) in [5, 5.41) is 0. The molecule has 0 saturated carbocycles. The van der Waals surface area contributed by atoms with E-state index in [0.29, 0.717) is 5.92 Å². The molecule has 1 spiro atoms. The van der Waals surface area contributed by atoms with E-state index in [1.165, 1.54) is 5.56 Å². The van der Waals surface area contributed by atoms with Crippen LogP contribution in [0.5, 0.6) is 11.5 Å². The Labute approximate surface area is 158 Å². The van der Waals surface area contributed by atoms with Crippen LogP contribution in [-0.2, 0) is 4.79 Å². The van der Waals surface area contributed by atoms with Crippen molar-refractivity contribution in [2.24, 2.45) is 5.92 Å². The molecule has 4 aliphatic rings. The number of ether oxygens (including phenoxy) is 2. The monoisotopic (exact) mass is 362 g/mol. The van der Waals surface area contributed by atoms with Gasteiger partial charge in [0.05, 0.1) is 0 Å². The van der Waals surface area contributed by atoms with Crippen molar-refractivity contribution in [3.8, 4) is 11.5 Å². The van der Waals surface area contributed by atoms with Crippen molar-refractivity contribution in [3.63, 3.8) is 0 Å². The Hall–Kier alpha value is -2.53. The zero-order valence-electron chi connectivity index (χ0n) is 15.1. The second kappa shape index (κ2) is 5.49. The van der Waals surface area contributed by atoms with E-state index in [4.69, 9.17) is 9.47 Å². The molecule has 27 heavy (non-hydrogen) atoms. The van der Waals surface area contributed by atoms with Gasteiger partial charge in [0.2, 0.25) is 12.7 Å². The van der Waals surface area contributed by atoms with Crippen molar-refractivity contribution in [2.45, 2.75) is 30.8 Å². The molecule has 4 heterocycles. The van der Waals surface area contributed by atoms with Crippen LogP contribution in [-0.4, -0.2) is 36.2 Å². The Kier molecular flexibility index (Phi) is 3.15. The Morgan fingerprint density at radius 1 is 1.04 bits per heavy atom. The topological polar surface area (TPSA) is 42.0 Å². The average Bonchev–Trinajstić information content (AvgIpc) is 3.44. The Balaban J connectivity index is 1.39. The minimum absolute atomic E-state index is 0.232. The Morgan fingerprint density at radius 3 is 2.81 bits per heavy atom. The smallest absolute Gasteiger partial charge is 0.247 e. The summed E-state index contributed by atoms with van der Waals surface area (Å²) in [6, 6.07) is 16.5. The summed E-state index contributed by atoms with van der Waals surface area (Å²) in [6.07, 6.45) is 3.03. The van der Waals surface area contributed by atoms with Gasteiger partial charge in [-0.2, -0.15) is 0 Å². The van der Waals surface area contributed by atoms with Crippen molar-refractivity contribution < 1.29 is 14.3 Å². The van der Waals surface area contributed by atoms with Crippen molar-refractivity contribution in [3.05, 3.63) is 54.1 Å². The predicted octanol–water partition coefficient (Wildman–Crippen LogP) is 3.36. The third-order valence-electron chi connectivity index (χ3n) is 6.90. The van der Waals surface area contributed by atoms with Crippen molar-refractivity contribution in [1.82, 2.24) is 4.90 Å². The minimum atomic E-state index is -0.345. The number of fused-ring (bicyclic) bond motifs is 1. The Bertz CT molecular complexity index is 915. The van der Waals surface area contributed by atoms with Gasteiger partial charge in [-0.05, 0) is 44.0 Å². The van der Waals surface area contributed by atoms with Gasteiger partial charge in [-0.1, -0.05) is 30.3 Å². The first kappa shape index (κ1) is 15.5. The molecule has 3 saturated heterocycles. The second-order valence-corrected chi connectivity index (χ2v) is 8.00. The molecule has 3 fully saturated rings. The molecule has 0 bridgehead atoms. The predicted molar refractivity (Wildman–Crippen MR) is 101 cm³/mol. The highest BCUT2D eigenvalue weighted by atomic mass is 16.7. The SMILES string of the molecule is O=C1N(c2ccccc2)C[C@@H]2C[C@@H](c3cccc4c3OCO4)N3CCC[C@@]123. The lowest BCUT2D eigenvalue weighted by Gasteiger charge is -2.33. The van der Waals surface area contributed by atoms with Gasteiger partial charge in [-0.25, -0.2) is 0 Å². The lowest BCUT2D eigenvalue weighted by Crippen LogP contribution is -2.49. The fourth-order valence-electron chi connectivity index (χ4n) is 5.83. The molecule has 1 amide bonds. The first-order chi connectivity index (χ1) is 13.3. The van der Waals surface area contributed by atoms with Crippen LogP contribution >= 0.6 is 0 Å². The Morgan fingerprint density at radius 2 is 1.93 bits per heavy atom. The normalized spacial score (nSPS) is 31.4. The maximum Gasteiger partial charge on any atom is 0.247 e. The summed E-state index contributed by atoms with van der Waals surface area (Å²) < 4.78 is 11.4. The minimum Gasteiger partial charge on any atom is -0.454 e. The standard InChI is InChI=1S/C22H22N2O3/c25-21-22-10-5-11-24(22)18(17-8-4-9-19-20(17)27-14-26-19)12-15(22)13-23(21)16-6-2-1-3-7-16/h1-4,6-9,15,18H,5,10-14H2/t15-,18-,22-/m0/s1. The van der Waals surface area contributed by atoms with Crippen LogP contribution in [0.2, 0.25) is 0 Å². The van der Waals surface area contributed by atoms with Crippen LogP contribution in [0.15, 0.2) is 48.5 Å². The third kappa shape index (κ3) is 1.95. The summed E-state index contributed by atoms with van der Waals surface area (Å²) in [4.78, 5) is 18.1. The molecule has 5 heteroatoms. The number of para-hydroxylation sites is 2. The van der Waals surface area contributed by atoms with Crippen molar-refractivity contribution in [2.75, 3.05) is 24.8 Å². The number of rotatable bonds is 2. The zero-order chi connectivity index (χ0) is 18.0. The number of carbonyl (C=O) groups is 1. The van der Waals surface area contributed by atoms with Crippen LogP contribution in [0.25, 0.3) is 0 Å². The third-order valence-corrected chi connectivity index (χ3v) is 6.90. The lowest BCUT2D eigenvalue weighted by molar-refractivity contribution is -0.126. The number of hydrogen-bond donors (Lipinski definition) is 0. The average molecular weight is 362 g/mol. The van der Waals surface area contributed by atoms with Gasteiger partial charge in [-0.3, -0.25) is 9.69 Å². The van der Waals surface area contributed by atoms with Gasteiger partial charge in [0, 0.05) is 29.8 Å². The number of benzene rings is 2. The summed E-state index contributed by atoms with van der Waals surface area (Å²) >= 11 is 0. The number of nitrogens with zero attached hydrogens (tertiary/aromatic N) is 2. The van der Waals surface area contributed by atoms with Gasteiger partial charge < -0.3 is 14.4 Å². The van der Waals surface area contributed by atoms with E-state index < -0.39 is 0 Å². The first-order valence-corrected chi connectivity index (χ1v) is 9.81. The highest BCUT2D eigenvalue weighted by Gasteiger charge is 2.65. The molecular weight excluding hydrogens is 340 g/mol. The van der Waals surface area contributed by atoms with Crippen molar-refractivity contribution in [1.29, 1.82) is 0 Å². The molecule has 0 unspecified atom stereocenters. The molecule has 2 aromatic rings. The molecule has 4 aliphatic heterocycles. The molecule has 138 valence electrons. The molecule has 0 radical (unpaired) electrons. The maximum atomic E-state index is 13.6. The fraction of sp³-hybridized carbons (Fsp3) is 0.409. The molecule has 0 N–H and O–H groups in total. The molecule has 0 aliphatic carbocycles. The quantitative estimate of drug-likeness (QED) is 0.822. The van der Waals surface area contributed by atoms with Gasteiger partial charge in [0.1, 0.15) is 5.54 Å². The lowest BCUT2D eigenvalue weighted by atomic mass is 9.85. The van der Waals surface area contributed by atoms with Crippen LogP contribution in [0.3, 0.4) is 0 Å². The van der Waals surface area contributed by atoms with Crippen LogP contribution < -0.4 is 14.4 Å². The van der Waals surface area contributed by atoms with Crippen molar-refractivity contribution >= 4 is 11.6 Å². The molecule has 5 nitrogen and oxygen atoms in total. The van der Waals surface area contributed by atoms with Crippen LogP contribution in [0.4, 0.5) is 5.69 Å². The van der Waals surface area contributed by atoms with E-state index in [9.17, 15) is 4.79 Å². The van der Waals surface area contributed by atoms with E-state index in [1.54, 1.807) is 0 Å². The summed E-state index contributed by atoms with van der Waals surface area (Å²) in [6.45, 7) is 2.07. The van der Waals surface area contributed by atoms with E-state index in [0.717, 1.165) is 49.5 Å². The van der Waals surface area contributed by atoms with E-state index >= 15 is 0 Å². The summed E-state index contributed by atoms with van der Waals surface area (Å²) in [7, 11) is 0. The molecule has 2 aromatic carbocycles. The van der Waals surface area contributed by atoms with E-state index in [2.05, 4.69) is 11.0 Å². The second-order valence-electron chi connectivity index (χ2n) is 8.00. The summed E-state index contributed by atoms with van der Waals surface area (Å²) in [5.41, 5.74) is 1.86. The molecule has 0 aromatic heterocycles. The highest BCUT2D eigenvalue weighted by molar-refractivity contribution is 6.03. The number of carbonyl (C=O) groups excluding carboxylic acids is 1. The van der Waals surface area contributed by atoms with E-state index in [1.807, 2.05) is 47.4 Å². The number of anilines is 1. The largest absolute Gasteiger partial charge is 0.454 e. The van der Waals surface area contributed by atoms with Crippen LogP contribution in [0.1, 0.15) is 30.9 Å². The molecular formula is C22H22N2O3. The zero-order valence-corrected chi connectivity index (χ0v) is 15.1.